The second-order valence-corrected chi connectivity index (χ2v) is 14.2. The lowest BCUT2D eigenvalue weighted by molar-refractivity contribution is -0.116. The molecule has 0 bridgehead atoms. The molecule has 0 saturated heterocycles. The smallest absolute Gasteiger partial charge is 0.272 e. The Hall–Kier alpha value is -5.00. The lowest BCUT2D eigenvalue weighted by Gasteiger charge is -2.17. The third-order valence-corrected chi connectivity index (χ3v) is 10.0. The molecule has 6 rings (SSSR count). The lowest BCUT2D eigenvalue weighted by atomic mass is 10.1. The predicted molar refractivity (Wildman–Crippen MR) is 207 cm³/mol. The Morgan fingerprint density at radius 1 is 0.800 bits per heavy atom. The number of carbonyl (C=O) groups excluding carboxylic acids is 3. The first-order chi connectivity index (χ1) is 24.3. The number of halogens is 2. The number of amides is 3. The van der Waals surface area contributed by atoms with Crippen molar-refractivity contribution in [3.8, 4) is 11.3 Å². The maximum Gasteiger partial charge on any atom is 0.272 e. The highest BCUT2D eigenvalue weighted by atomic mass is 79.9. The molecule has 0 radical (unpaired) electrons. The van der Waals surface area contributed by atoms with Crippen LogP contribution >= 0.6 is 50.6 Å². The molecule has 0 saturated carbocycles. The first-order valence-electron chi connectivity index (χ1n) is 15.3. The molecule has 5 aromatic carbocycles. The molecule has 1 aromatic heterocycles. The maximum absolute atomic E-state index is 13.8. The van der Waals surface area contributed by atoms with Gasteiger partial charge in [0.15, 0.2) is 5.13 Å². The second kappa shape index (κ2) is 16.6. The van der Waals surface area contributed by atoms with Crippen LogP contribution < -0.4 is 16.0 Å². The van der Waals surface area contributed by atoms with E-state index in [0.717, 1.165) is 26.2 Å². The SMILES string of the molecule is O=C(Nc1cccc(SC(C(=O)Nc2nc(-c3ccc(Br)cc3)cs2)c2ccccc2)c1)/C(=C/c1cccc(Cl)c1)NC(=O)c1ccccc1. The fourth-order valence-electron chi connectivity index (χ4n) is 4.84. The Balaban J connectivity index is 1.21. The minimum absolute atomic E-state index is 0.0340. The van der Waals surface area contributed by atoms with Crippen molar-refractivity contribution in [3.05, 3.63) is 171 Å². The predicted octanol–water partition coefficient (Wildman–Crippen LogP) is 10.1. The van der Waals surface area contributed by atoms with E-state index in [1.165, 1.54) is 23.1 Å². The molecule has 1 heterocycles. The van der Waals surface area contributed by atoms with E-state index in [0.29, 0.717) is 27.0 Å². The number of hydrogen-bond acceptors (Lipinski definition) is 6. The second-order valence-electron chi connectivity index (χ2n) is 10.9. The molecule has 1 atom stereocenters. The standard InChI is InChI=1S/C39H28BrClN4O3S2/c40-29-19-17-26(18-20-29)34-24-49-39(44-34)45-38(48)35(27-10-3-1-4-11-27)50-32-16-8-15-31(23-32)42-37(47)33(22-25-9-7-14-30(41)21-25)43-36(46)28-12-5-2-6-13-28/h1-24,35H,(H,42,47)(H,43,46)(H,44,45,48)/b33-22-. The summed E-state index contributed by atoms with van der Waals surface area (Å²) in [5.41, 5.74) is 4.09. The van der Waals surface area contributed by atoms with Crippen LogP contribution in [0.25, 0.3) is 17.3 Å². The van der Waals surface area contributed by atoms with Crippen molar-refractivity contribution in [1.82, 2.24) is 10.3 Å². The van der Waals surface area contributed by atoms with Crippen molar-refractivity contribution < 1.29 is 14.4 Å². The first-order valence-corrected chi connectivity index (χ1v) is 18.2. The molecule has 1 unspecified atom stereocenters. The van der Waals surface area contributed by atoms with Crippen LogP contribution in [0, 0.1) is 0 Å². The number of nitrogens with one attached hydrogen (secondary N) is 3. The van der Waals surface area contributed by atoms with Gasteiger partial charge in [-0.3, -0.25) is 14.4 Å². The van der Waals surface area contributed by atoms with Crippen molar-refractivity contribution in [2.75, 3.05) is 10.6 Å². The van der Waals surface area contributed by atoms with E-state index in [1.54, 1.807) is 72.8 Å². The van der Waals surface area contributed by atoms with E-state index in [9.17, 15) is 14.4 Å². The van der Waals surface area contributed by atoms with Gasteiger partial charge in [0.05, 0.1) is 5.69 Å². The molecular formula is C39H28BrClN4O3S2. The van der Waals surface area contributed by atoms with Gasteiger partial charge < -0.3 is 16.0 Å². The number of anilines is 2. The Labute approximate surface area is 311 Å². The number of nitrogens with zero attached hydrogens (tertiary/aromatic N) is 1. The summed E-state index contributed by atoms with van der Waals surface area (Å²) in [7, 11) is 0. The summed E-state index contributed by atoms with van der Waals surface area (Å²) in [4.78, 5) is 45.9. The first kappa shape index (κ1) is 34.8. The van der Waals surface area contributed by atoms with E-state index >= 15 is 0 Å². The average Bonchev–Trinajstić information content (AvgIpc) is 3.59. The molecule has 0 fully saturated rings. The van der Waals surface area contributed by atoms with Gasteiger partial charge in [-0.05, 0) is 71.8 Å². The summed E-state index contributed by atoms with van der Waals surface area (Å²) in [6.07, 6.45) is 1.57. The van der Waals surface area contributed by atoms with Crippen molar-refractivity contribution >= 4 is 85.2 Å². The van der Waals surface area contributed by atoms with Crippen LogP contribution in [0.2, 0.25) is 5.02 Å². The van der Waals surface area contributed by atoms with Gasteiger partial charge in [-0.15, -0.1) is 23.1 Å². The topological polar surface area (TPSA) is 100 Å². The third kappa shape index (κ3) is 9.36. The molecular weight excluding hydrogens is 752 g/mol. The van der Waals surface area contributed by atoms with Gasteiger partial charge >= 0.3 is 0 Å². The van der Waals surface area contributed by atoms with Gasteiger partial charge in [0.2, 0.25) is 5.91 Å². The fourth-order valence-corrected chi connectivity index (χ4v) is 7.11. The van der Waals surface area contributed by atoms with Gasteiger partial charge in [0.25, 0.3) is 11.8 Å². The van der Waals surface area contributed by atoms with Gasteiger partial charge in [-0.2, -0.15) is 0 Å². The highest BCUT2D eigenvalue weighted by molar-refractivity contribution is 9.10. The Bertz CT molecular complexity index is 2160. The third-order valence-electron chi connectivity index (χ3n) is 7.25. The molecule has 6 aromatic rings. The van der Waals surface area contributed by atoms with Crippen molar-refractivity contribution in [1.29, 1.82) is 0 Å². The minimum atomic E-state index is -0.620. The number of carbonyl (C=O) groups is 3. The zero-order chi connectivity index (χ0) is 34.9. The van der Waals surface area contributed by atoms with Crippen molar-refractivity contribution in [2.24, 2.45) is 0 Å². The zero-order valence-electron chi connectivity index (χ0n) is 26.2. The quantitative estimate of drug-likeness (QED) is 0.0898. The monoisotopic (exact) mass is 778 g/mol. The van der Waals surface area contributed by atoms with Crippen LogP contribution in [0.15, 0.2) is 154 Å². The number of hydrogen-bond donors (Lipinski definition) is 3. The highest BCUT2D eigenvalue weighted by Crippen LogP contribution is 2.38. The van der Waals surface area contributed by atoms with E-state index in [2.05, 4.69) is 36.9 Å². The summed E-state index contributed by atoms with van der Waals surface area (Å²) in [5, 5.41) is 10.9. The fraction of sp³-hybridized carbons (Fsp3) is 0.0256. The Morgan fingerprint density at radius 3 is 2.26 bits per heavy atom. The number of aromatic nitrogens is 1. The van der Waals surface area contributed by atoms with E-state index in [4.69, 9.17) is 11.6 Å². The highest BCUT2D eigenvalue weighted by Gasteiger charge is 2.24. The zero-order valence-corrected chi connectivity index (χ0v) is 30.2. The molecule has 0 aliphatic heterocycles. The molecule has 0 aliphatic rings. The van der Waals surface area contributed by atoms with Gasteiger partial charge in [-0.1, -0.05) is 106 Å². The van der Waals surface area contributed by atoms with Crippen LogP contribution in [0.5, 0.6) is 0 Å². The largest absolute Gasteiger partial charge is 0.321 e. The van der Waals surface area contributed by atoms with Crippen molar-refractivity contribution in [3.63, 3.8) is 0 Å². The van der Waals surface area contributed by atoms with Crippen LogP contribution in [0.1, 0.15) is 26.7 Å². The van der Waals surface area contributed by atoms with Gasteiger partial charge in [0, 0.05) is 36.6 Å². The van der Waals surface area contributed by atoms with Crippen LogP contribution in [0.4, 0.5) is 10.8 Å². The number of benzene rings is 5. The van der Waals surface area contributed by atoms with E-state index in [-0.39, 0.29) is 11.6 Å². The van der Waals surface area contributed by atoms with Crippen LogP contribution in [0.3, 0.4) is 0 Å². The van der Waals surface area contributed by atoms with Crippen LogP contribution in [-0.4, -0.2) is 22.7 Å². The molecule has 248 valence electrons. The molecule has 50 heavy (non-hydrogen) atoms. The van der Waals surface area contributed by atoms with E-state index < -0.39 is 17.1 Å². The average molecular weight is 780 g/mol. The lowest BCUT2D eigenvalue weighted by Crippen LogP contribution is -2.30. The summed E-state index contributed by atoms with van der Waals surface area (Å²) in [6.45, 7) is 0. The number of thiazole rings is 1. The van der Waals surface area contributed by atoms with Gasteiger partial charge in [0.1, 0.15) is 10.9 Å². The molecule has 11 heteroatoms. The summed E-state index contributed by atoms with van der Waals surface area (Å²) in [6, 6.07) is 40.1. The maximum atomic E-state index is 13.8. The van der Waals surface area contributed by atoms with Crippen molar-refractivity contribution in [2.45, 2.75) is 10.1 Å². The minimum Gasteiger partial charge on any atom is -0.321 e. The molecule has 0 aliphatic carbocycles. The summed E-state index contributed by atoms with van der Waals surface area (Å²) >= 11 is 12.3. The Kier molecular flexibility index (Phi) is 11.6. The molecule has 3 amide bonds. The van der Waals surface area contributed by atoms with E-state index in [1.807, 2.05) is 72.1 Å². The molecule has 0 spiro atoms. The summed E-state index contributed by atoms with van der Waals surface area (Å²) < 4.78 is 0.973. The number of thioether (sulfide) groups is 1. The Morgan fingerprint density at radius 2 is 1.52 bits per heavy atom. The van der Waals surface area contributed by atoms with Crippen LogP contribution in [-0.2, 0) is 9.59 Å². The molecule has 3 N–H and O–H groups in total. The summed E-state index contributed by atoms with van der Waals surface area (Å²) in [5.74, 6) is -1.19. The molecule has 7 nitrogen and oxygen atoms in total. The number of rotatable bonds is 11. The van der Waals surface area contributed by atoms with Gasteiger partial charge in [-0.25, -0.2) is 4.98 Å². The normalized spacial score (nSPS) is 11.8.